The number of rotatable bonds is 8. The van der Waals surface area contributed by atoms with Crippen LogP contribution in [-0.2, 0) is 22.6 Å². The van der Waals surface area contributed by atoms with Crippen LogP contribution < -0.4 is 11.1 Å². The van der Waals surface area contributed by atoms with Gasteiger partial charge in [0.25, 0.3) is 5.91 Å². The molecular weight excluding hydrogens is 354 g/mol. The number of aromatic nitrogens is 2. The third-order valence-electron chi connectivity index (χ3n) is 4.32. The molecular formula is C21H23N5O2. The molecule has 3 aromatic rings. The van der Waals surface area contributed by atoms with Gasteiger partial charge < -0.3 is 15.8 Å². The molecule has 4 N–H and O–H groups in total. The molecule has 0 spiro atoms. The zero-order chi connectivity index (χ0) is 19.9. The van der Waals surface area contributed by atoms with E-state index in [1.807, 2.05) is 48.7 Å². The summed E-state index contributed by atoms with van der Waals surface area (Å²) in [5.41, 5.74) is 8.69. The van der Waals surface area contributed by atoms with Crippen LogP contribution in [-0.4, -0.2) is 28.6 Å². The van der Waals surface area contributed by atoms with Gasteiger partial charge in [0.1, 0.15) is 11.5 Å². The van der Waals surface area contributed by atoms with Crippen LogP contribution in [0.4, 0.5) is 0 Å². The van der Waals surface area contributed by atoms with Crippen molar-refractivity contribution in [3.8, 4) is 0 Å². The van der Waals surface area contributed by atoms with Crippen molar-refractivity contribution >= 4 is 11.7 Å². The Morgan fingerprint density at radius 1 is 1.14 bits per heavy atom. The maximum absolute atomic E-state index is 12.6. The molecule has 1 amide bonds. The first-order chi connectivity index (χ1) is 13.6. The number of nitrogens with zero attached hydrogens (tertiary/aromatic N) is 2. The molecule has 2 aromatic carbocycles. The molecule has 0 bridgehead atoms. The first-order valence-electron chi connectivity index (χ1n) is 8.88. The van der Waals surface area contributed by atoms with Gasteiger partial charge in [0, 0.05) is 25.4 Å². The number of hydrogen-bond donors (Lipinski definition) is 3. The van der Waals surface area contributed by atoms with Crippen molar-refractivity contribution < 1.29 is 9.53 Å². The molecule has 0 fully saturated rings. The van der Waals surface area contributed by atoms with Gasteiger partial charge in [-0.25, -0.2) is 0 Å². The van der Waals surface area contributed by atoms with Crippen molar-refractivity contribution in [1.29, 1.82) is 5.41 Å². The standard InChI is InChI=1S/C21H23N5O2/c1-28-19(18-11-12-26(25-18)14-16-5-3-2-4-6-16)21(27)24-13-15-7-9-17(10-8-15)20(22)23/h2-12,19H,13-14H2,1H3,(H3,22,23)(H,24,27)/t19-/m0/s1. The van der Waals surface area contributed by atoms with Gasteiger partial charge in [0.05, 0.1) is 6.54 Å². The van der Waals surface area contributed by atoms with Gasteiger partial charge in [-0.05, 0) is 17.2 Å². The number of amidine groups is 1. The Labute approximate surface area is 163 Å². The third-order valence-corrected chi connectivity index (χ3v) is 4.32. The zero-order valence-electron chi connectivity index (χ0n) is 15.6. The normalized spacial score (nSPS) is 11.8. The number of ether oxygens (including phenoxy) is 1. The Morgan fingerprint density at radius 2 is 1.86 bits per heavy atom. The molecule has 3 rings (SSSR count). The van der Waals surface area contributed by atoms with Gasteiger partial charge >= 0.3 is 0 Å². The maximum Gasteiger partial charge on any atom is 0.255 e. The minimum Gasteiger partial charge on any atom is -0.384 e. The molecule has 0 aliphatic rings. The number of benzene rings is 2. The molecule has 144 valence electrons. The van der Waals surface area contributed by atoms with E-state index in [1.165, 1.54) is 7.11 Å². The van der Waals surface area contributed by atoms with Crippen molar-refractivity contribution in [3.05, 3.63) is 89.2 Å². The lowest BCUT2D eigenvalue weighted by atomic mass is 10.1. The minimum atomic E-state index is -0.784. The Bertz CT molecular complexity index is 935. The summed E-state index contributed by atoms with van der Waals surface area (Å²) >= 11 is 0. The second-order valence-corrected chi connectivity index (χ2v) is 6.37. The fraction of sp³-hybridized carbons (Fsp3) is 0.190. The number of nitrogen functional groups attached to an aromatic ring is 1. The van der Waals surface area contributed by atoms with Crippen molar-refractivity contribution in [3.63, 3.8) is 0 Å². The largest absolute Gasteiger partial charge is 0.384 e. The number of amides is 1. The monoisotopic (exact) mass is 377 g/mol. The molecule has 0 radical (unpaired) electrons. The molecule has 1 aromatic heterocycles. The van der Waals surface area contributed by atoms with E-state index in [9.17, 15) is 4.79 Å². The van der Waals surface area contributed by atoms with Crippen LogP contribution in [0.3, 0.4) is 0 Å². The number of nitrogens with one attached hydrogen (secondary N) is 2. The van der Waals surface area contributed by atoms with E-state index in [4.69, 9.17) is 15.9 Å². The van der Waals surface area contributed by atoms with Crippen LogP contribution in [0.5, 0.6) is 0 Å². The molecule has 7 heteroatoms. The second kappa shape index (κ2) is 8.96. The Hall–Kier alpha value is -3.45. The lowest BCUT2D eigenvalue weighted by Crippen LogP contribution is -2.30. The summed E-state index contributed by atoms with van der Waals surface area (Å²) in [5, 5.41) is 14.7. The van der Waals surface area contributed by atoms with Gasteiger partial charge in [0.15, 0.2) is 6.10 Å². The smallest absolute Gasteiger partial charge is 0.255 e. The average Bonchev–Trinajstić information content (AvgIpc) is 3.16. The number of carbonyl (C=O) groups is 1. The van der Waals surface area contributed by atoms with Gasteiger partial charge in [-0.3, -0.25) is 14.9 Å². The molecule has 0 saturated heterocycles. The summed E-state index contributed by atoms with van der Waals surface area (Å²) in [4.78, 5) is 12.6. The van der Waals surface area contributed by atoms with Gasteiger partial charge in [-0.1, -0.05) is 54.6 Å². The highest BCUT2D eigenvalue weighted by molar-refractivity contribution is 5.94. The Kier molecular flexibility index (Phi) is 6.18. The highest BCUT2D eigenvalue weighted by atomic mass is 16.5. The van der Waals surface area contributed by atoms with Crippen LogP contribution in [0.2, 0.25) is 0 Å². The van der Waals surface area contributed by atoms with Crippen molar-refractivity contribution in [2.45, 2.75) is 19.2 Å². The zero-order valence-corrected chi connectivity index (χ0v) is 15.6. The maximum atomic E-state index is 12.6. The molecule has 0 saturated carbocycles. The molecule has 7 nitrogen and oxygen atoms in total. The van der Waals surface area contributed by atoms with Crippen LogP contribution >= 0.6 is 0 Å². The van der Waals surface area contributed by atoms with Gasteiger partial charge in [0.2, 0.25) is 0 Å². The second-order valence-electron chi connectivity index (χ2n) is 6.37. The summed E-state index contributed by atoms with van der Waals surface area (Å²) in [6, 6.07) is 18.9. The summed E-state index contributed by atoms with van der Waals surface area (Å²) in [6.45, 7) is 0.975. The number of hydrogen-bond acceptors (Lipinski definition) is 4. The van der Waals surface area contributed by atoms with Gasteiger partial charge in [-0.15, -0.1) is 0 Å². The lowest BCUT2D eigenvalue weighted by molar-refractivity contribution is -0.131. The topological polar surface area (TPSA) is 106 Å². The van der Waals surface area contributed by atoms with E-state index in [0.717, 1.165) is 11.1 Å². The fourth-order valence-corrected chi connectivity index (χ4v) is 2.82. The fourth-order valence-electron chi connectivity index (χ4n) is 2.82. The molecule has 0 aliphatic heterocycles. The average molecular weight is 377 g/mol. The number of nitrogens with two attached hydrogens (primary N) is 1. The van der Waals surface area contributed by atoms with E-state index < -0.39 is 6.10 Å². The quantitative estimate of drug-likeness (QED) is 0.413. The van der Waals surface area contributed by atoms with Crippen molar-refractivity contribution in [1.82, 2.24) is 15.1 Å². The highest BCUT2D eigenvalue weighted by Crippen LogP contribution is 2.15. The SMILES string of the molecule is CO[C@H](C(=O)NCc1ccc(C(=N)N)cc1)c1ccn(Cc2ccccc2)n1. The summed E-state index contributed by atoms with van der Waals surface area (Å²) < 4.78 is 7.15. The van der Waals surface area contributed by atoms with E-state index in [2.05, 4.69) is 10.4 Å². The minimum absolute atomic E-state index is 0.0149. The van der Waals surface area contributed by atoms with E-state index in [-0.39, 0.29) is 11.7 Å². The molecule has 1 heterocycles. The third kappa shape index (κ3) is 4.83. The number of methoxy groups -OCH3 is 1. The van der Waals surface area contributed by atoms with E-state index in [0.29, 0.717) is 24.3 Å². The summed E-state index contributed by atoms with van der Waals surface area (Å²) in [6.07, 6.45) is 1.05. The van der Waals surface area contributed by atoms with Crippen molar-refractivity contribution in [2.24, 2.45) is 5.73 Å². The van der Waals surface area contributed by atoms with E-state index in [1.54, 1.807) is 22.9 Å². The Balaban J connectivity index is 1.61. The highest BCUT2D eigenvalue weighted by Gasteiger charge is 2.22. The summed E-state index contributed by atoms with van der Waals surface area (Å²) in [5.74, 6) is -0.246. The van der Waals surface area contributed by atoms with E-state index >= 15 is 0 Å². The van der Waals surface area contributed by atoms with Crippen LogP contribution in [0.25, 0.3) is 0 Å². The first-order valence-corrected chi connectivity index (χ1v) is 8.88. The molecule has 0 unspecified atom stereocenters. The predicted octanol–water partition coefficient (Wildman–Crippen LogP) is 2.22. The number of carbonyl (C=O) groups excluding carboxylic acids is 1. The van der Waals surface area contributed by atoms with Crippen LogP contribution in [0, 0.1) is 5.41 Å². The van der Waals surface area contributed by atoms with Gasteiger partial charge in [-0.2, -0.15) is 5.10 Å². The molecule has 28 heavy (non-hydrogen) atoms. The predicted molar refractivity (Wildman–Crippen MR) is 107 cm³/mol. The van der Waals surface area contributed by atoms with Crippen LogP contribution in [0.15, 0.2) is 66.9 Å². The lowest BCUT2D eigenvalue weighted by Gasteiger charge is -2.13. The summed E-state index contributed by atoms with van der Waals surface area (Å²) in [7, 11) is 1.49. The Morgan fingerprint density at radius 3 is 2.50 bits per heavy atom. The molecule has 1 atom stereocenters. The van der Waals surface area contributed by atoms with Crippen molar-refractivity contribution in [2.75, 3.05) is 7.11 Å². The van der Waals surface area contributed by atoms with Crippen LogP contribution in [0.1, 0.15) is 28.5 Å². The molecule has 0 aliphatic carbocycles. The first kappa shape index (κ1) is 19.3.